The van der Waals surface area contributed by atoms with Crippen molar-refractivity contribution in [2.75, 3.05) is 0 Å². The molecule has 0 aromatic carbocycles. The van der Waals surface area contributed by atoms with E-state index < -0.39 is 0 Å². The molecule has 0 rings (SSSR count). The van der Waals surface area contributed by atoms with Gasteiger partial charge in [-0.25, -0.2) is 0 Å². The van der Waals surface area contributed by atoms with Crippen LogP contribution in [0.5, 0.6) is 0 Å². The summed E-state index contributed by atoms with van der Waals surface area (Å²) in [6, 6.07) is 0. The fourth-order valence-corrected chi connectivity index (χ4v) is 0. The van der Waals surface area contributed by atoms with E-state index >= 15 is 0 Å². The normalized spacial score (nSPS) is 0. The molecule has 0 heterocycles. The van der Waals surface area contributed by atoms with Gasteiger partial charge < -0.3 is 0 Å². The van der Waals surface area contributed by atoms with E-state index in [1.54, 1.807) is 0 Å². The van der Waals surface area contributed by atoms with Crippen molar-refractivity contribution in [3.8, 4) is 0 Å². The van der Waals surface area contributed by atoms with Crippen molar-refractivity contribution in [1.82, 2.24) is 0 Å². The first kappa shape index (κ1) is 783. The first-order valence-electron chi connectivity index (χ1n) is 0. The van der Waals surface area contributed by atoms with Crippen LogP contribution < -0.4 is 0 Å². The topological polar surface area (TPSA) is 0 Å². The Labute approximate surface area is 872 Å². The second-order valence-corrected chi connectivity index (χ2v) is 0. The predicted octanol–water partition coefficient (Wildman–Crippen LogP) is 7.15. The van der Waals surface area contributed by atoms with Crippen molar-refractivity contribution >= 4 is 895 Å². The first-order chi connectivity index (χ1) is 0. The van der Waals surface area contributed by atoms with Crippen molar-refractivity contribution in [3.63, 3.8) is 0 Å². The van der Waals surface area contributed by atoms with Crippen LogP contribution in [-0.2, 0) is 0 Å². The molecule has 0 spiro atoms. The summed E-state index contributed by atoms with van der Waals surface area (Å²) < 4.78 is 0. The summed E-state index contributed by atoms with van der Waals surface area (Å²) in [7, 11) is 0. The summed E-state index contributed by atoms with van der Waals surface area (Å²) in [5.41, 5.74) is 0. The molecule has 0 N–H and O–H groups in total. The molecule has 0 aliphatic carbocycles. The Morgan fingerprint density at radius 3 is 0.0364 bits per heavy atom. The number of hydrogen-bond donors (Lipinski definition) is 0. The van der Waals surface area contributed by atoms with Crippen LogP contribution in [0.2, 0.25) is 0 Å². The van der Waals surface area contributed by atoms with Crippen LogP contribution in [-0.4, -0.2) is 461 Å². The van der Waals surface area contributed by atoms with Crippen molar-refractivity contribution in [2.45, 2.75) is 0 Å². The molecule has 55 heteroatoms. The van der Waals surface area contributed by atoms with Crippen molar-refractivity contribution in [2.24, 2.45) is 0 Å². The molecule has 0 fully saturated rings. The van der Waals surface area contributed by atoms with E-state index in [4.69, 9.17) is 0 Å². The maximum absolute atomic E-state index is 0. The molecule has 0 radical (unpaired) electrons. The van der Waals surface area contributed by atoms with Gasteiger partial charge in [0.05, 0.1) is 0 Å². The van der Waals surface area contributed by atoms with Gasteiger partial charge in [0.1, 0.15) is 0 Å². The Hall–Kier alpha value is 25.5. The molecule has 0 unspecified atom stereocenters. The van der Waals surface area contributed by atoms with Gasteiger partial charge in [-0.1, -0.05) is 0 Å². The van der Waals surface area contributed by atoms with Gasteiger partial charge in [0.2, 0.25) is 0 Å². The summed E-state index contributed by atoms with van der Waals surface area (Å²) in [4.78, 5) is 0. The van der Waals surface area contributed by atoms with Gasteiger partial charge in [-0.3, -0.25) is 0 Å². The Morgan fingerprint density at radius 1 is 0.0364 bits per heavy atom. The zero-order valence-corrected chi connectivity index (χ0v) is 85.3. The monoisotopic (exact) mass is 1740 g/mol. The Kier molecular flexibility index (Phi) is 10700. The quantitative estimate of drug-likeness (QED) is 0.227. The van der Waals surface area contributed by atoms with E-state index in [1.807, 2.05) is 0 Å². The minimum atomic E-state index is 0. The Bertz CT molecular complexity index is 52.0. The molecule has 0 bridgehead atoms. The van der Waals surface area contributed by atoms with Gasteiger partial charge in [0, 0.05) is 0 Å². The number of rotatable bonds is 0. The van der Waals surface area contributed by atoms with Crippen molar-refractivity contribution in [3.05, 3.63) is 0 Å². The van der Waals surface area contributed by atoms with Crippen LogP contribution >= 0.6 is 434 Å². The number of halogens is 35. The standard InChI is InChI=1S/35ClH.20Mg/h35*1H;;;;;;;;;;;;;;;;;;;;/q;;;;;;;;;;;;;;;;;;;;;;;;;;;;;;;;;;;20*+2. The van der Waals surface area contributed by atoms with Crippen LogP contribution in [0.4, 0.5) is 0 Å². The van der Waals surface area contributed by atoms with E-state index in [2.05, 4.69) is 0 Å². The minimum Gasteiger partial charge on any atom is -0.147 e. The fourth-order valence-electron chi connectivity index (χ4n) is 0. The van der Waals surface area contributed by atoms with Crippen LogP contribution in [0.3, 0.4) is 0 Å². The summed E-state index contributed by atoms with van der Waals surface area (Å²) in [5.74, 6) is 0. The predicted molar refractivity (Wildman–Crippen MR) is 369 cm³/mol. The third kappa shape index (κ3) is 735. The van der Waals surface area contributed by atoms with Crippen molar-refractivity contribution in [1.29, 1.82) is 0 Å². The molecule has 0 atom stereocenters. The molecule has 0 saturated heterocycles. The zero-order chi connectivity index (χ0) is 0. The SMILES string of the molecule is Cl.Cl.Cl.Cl.Cl.Cl.Cl.Cl.Cl.Cl.Cl.Cl.Cl.Cl.Cl.Cl.Cl.Cl.Cl.Cl.Cl.Cl.Cl.Cl.Cl.Cl.Cl.Cl.Cl.Cl.Cl.Cl.Cl.Cl.Cl.[Mg+2].[Mg+2].[Mg+2].[Mg+2].[Mg+2].[Mg+2].[Mg+2].[Mg+2].[Mg+2].[Mg+2].[Mg+2].[Mg+2].[Mg+2].[Mg+2].[Mg+2].[Mg+2].[Mg+2].[Mg+2].[Mg+2].[Mg+2]. The van der Waals surface area contributed by atoms with Gasteiger partial charge in [-0.2, -0.15) is 0 Å². The van der Waals surface area contributed by atoms with Crippen LogP contribution in [0.15, 0.2) is 0 Å². The summed E-state index contributed by atoms with van der Waals surface area (Å²) in [6.07, 6.45) is 0. The van der Waals surface area contributed by atoms with E-state index in [0.29, 0.717) is 0 Å². The molecular weight excluding hydrogens is 1730 g/mol. The second kappa shape index (κ2) is 754. The second-order valence-electron chi connectivity index (χ2n) is 0. The average molecular weight is 1760 g/mol. The van der Waals surface area contributed by atoms with E-state index in [9.17, 15) is 0 Å². The van der Waals surface area contributed by atoms with Crippen LogP contribution in [0, 0.1) is 0 Å². The van der Waals surface area contributed by atoms with E-state index in [-0.39, 0.29) is 895 Å². The zero-order valence-electron chi connectivity index (χ0n) is 28.4. The molecule has 0 nitrogen and oxygen atoms in total. The van der Waals surface area contributed by atoms with Gasteiger partial charge in [-0.15, -0.1) is 434 Å². The van der Waals surface area contributed by atoms with Gasteiger partial charge in [0.15, 0.2) is 0 Å². The molecule has 55 heavy (non-hydrogen) atoms. The largest absolute Gasteiger partial charge is 2.00 e. The fraction of sp³-hybridized carbons (Fsp3) is 0. The van der Waals surface area contributed by atoms with Gasteiger partial charge in [-0.05, 0) is 0 Å². The molecule has 280 valence electrons. The molecule has 0 aromatic rings. The molecule has 0 saturated carbocycles. The average Bonchev–Trinajstić information content (AvgIpc) is 0. The summed E-state index contributed by atoms with van der Waals surface area (Å²) in [6.45, 7) is 0. The first-order valence-corrected chi connectivity index (χ1v) is 0. The minimum absolute atomic E-state index is 0. The molecule has 0 amide bonds. The Morgan fingerprint density at radius 2 is 0.0364 bits per heavy atom. The van der Waals surface area contributed by atoms with Crippen LogP contribution in [0.25, 0.3) is 0 Å². The smallest absolute Gasteiger partial charge is 0.147 e. The molecule has 0 aliphatic rings. The van der Waals surface area contributed by atoms with E-state index in [0.717, 1.165) is 0 Å². The third-order valence-corrected chi connectivity index (χ3v) is 0. The maximum Gasteiger partial charge on any atom is 2.00 e. The van der Waals surface area contributed by atoms with Gasteiger partial charge in [0.25, 0.3) is 0 Å². The van der Waals surface area contributed by atoms with Crippen LogP contribution in [0.1, 0.15) is 0 Å². The van der Waals surface area contributed by atoms with Gasteiger partial charge >= 0.3 is 461 Å². The maximum atomic E-state index is 0. The molecule has 0 aliphatic heterocycles. The van der Waals surface area contributed by atoms with E-state index in [1.165, 1.54) is 0 Å². The molecular formula is H35Cl35Mg20+40. The Balaban J connectivity index is 0. The third-order valence-electron chi connectivity index (χ3n) is 0. The molecule has 0 aromatic heterocycles. The van der Waals surface area contributed by atoms with Crippen molar-refractivity contribution < 1.29 is 0 Å². The summed E-state index contributed by atoms with van der Waals surface area (Å²) >= 11 is 0. The summed E-state index contributed by atoms with van der Waals surface area (Å²) in [5, 5.41) is 0. The number of hydrogen-bond acceptors (Lipinski definition) is 0.